The van der Waals surface area contributed by atoms with Gasteiger partial charge < -0.3 is 20.2 Å². The second kappa shape index (κ2) is 13.7. The van der Waals surface area contributed by atoms with Crippen LogP contribution in [0.15, 0.2) is 27.8 Å². The van der Waals surface area contributed by atoms with Crippen LogP contribution in [0.25, 0.3) is 0 Å². The van der Waals surface area contributed by atoms with Gasteiger partial charge in [0.1, 0.15) is 5.76 Å². The van der Waals surface area contributed by atoms with Crippen LogP contribution < -0.4 is 10.6 Å². The van der Waals surface area contributed by atoms with Gasteiger partial charge in [0, 0.05) is 32.7 Å². The van der Waals surface area contributed by atoms with Crippen molar-refractivity contribution < 1.29 is 9.52 Å². The minimum atomic E-state index is 0. The van der Waals surface area contributed by atoms with E-state index in [1.54, 1.807) is 6.26 Å². The first-order chi connectivity index (χ1) is 10.7. The Balaban J connectivity index is 0.00000484. The van der Waals surface area contributed by atoms with Crippen molar-refractivity contribution in [2.45, 2.75) is 40.0 Å². The van der Waals surface area contributed by atoms with Crippen molar-refractivity contribution >= 4 is 29.9 Å². The standard InChI is InChI=1S/C17H31N3O2.HI/c1-4-18-17(19-9-7-16-6-5-11-22-16)20-13-15(8-10-21)12-14(2)3;/h5-6,11,14-15,21H,4,7-10,12-13H2,1-3H3,(H2,18,19,20);1H. The zero-order chi connectivity index (χ0) is 16.2. The number of guanidine groups is 1. The lowest BCUT2D eigenvalue weighted by Crippen LogP contribution is -2.38. The highest BCUT2D eigenvalue weighted by Crippen LogP contribution is 2.15. The summed E-state index contributed by atoms with van der Waals surface area (Å²) in [6.07, 6.45) is 4.44. The summed E-state index contributed by atoms with van der Waals surface area (Å²) in [7, 11) is 0. The molecule has 134 valence electrons. The number of hydrogen-bond acceptors (Lipinski definition) is 3. The number of hydrogen-bond donors (Lipinski definition) is 3. The van der Waals surface area contributed by atoms with Crippen LogP contribution in [-0.2, 0) is 6.42 Å². The molecule has 0 radical (unpaired) electrons. The van der Waals surface area contributed by atoms with Gasteiger partial charge in [0.05, 0.1) is 6.26 Å². The molecule has 0 aliphatic carbocycles. The van der Waals surface area contributed by atoms with Gasteiger partial charge in [-0.25, -0.2) is 0 Å². The molecule has 1 aromatic rings. The Morgan fingerprint density at radius 2 is 2.13 bits per heavy atom. The average molecular weight is 437 g/mol. The van der Waals surface area contributed by atoms with Crippen molar-refractivity contribution in [3.63, 3.8) is 0 Å². The predicted octanol–water partition coefficient (Wildman–Crippen LogP) is 3.04. The fourth-order valence-corrected chi connectivity index (χ4v) is 2.45. The molecular weight excluding hydrogens is 405 g/mol. The van der Waals surface area contributed by atoms with E-state index >= 15 is 0 Å². The summed E-state index contributed by atoms with van der Waals surface area (Å²) in [5.41, 5.74) is 0. The average Bonchev–Trinajstić information content (AvgIpc) is 2.97. The molecule has 0 fully saturated rings. The molecule has 5 nitrogen and oxygen atoms in total. The topological polar surface area (TPSA) is 69.8 Å². The van der Waals surface area contributed by atoms with Crippen molar-refractivity contribution in [3.8, 4) is 0 Å². The first-order valence-corrected chi connectivity index (χ1v) is 8.31. The lowest BCUT2D eigenvalue weighted by Gasteiger charge is -2.17. The number of aliphatic hydroxyl groups is 1. The molecule has 6 heteroatoms. The molecule has 0 spiro atoms. The molecular formula is C17H32IN3O2. The zero-order valence-corrected chi connectivity index (χ0v) is 16.9. The van der Waals surface area contributed by atoms with Gasteiger partial charge in [0.15, 0.2) is 5.96 Å². The Kier molecular flexibility index (Phi) is 13.2. The highest BCUT2D eigenvalue weighted by atomic mass is 127. The van der Waals surface area contributed by atoms with E-state index in [4.69, 9.17) is 4.42 Å². The van der Waals surface area contributed by atoms with E-state index in [0.29, 0.717) is 11.8 Å². The predicted molar refractivity (Wildman–Crippen MR) is 106 cm³/mol. The maximum Gasteiger partial charge on any atom is 0.191 e. The highest BCUT2D eigenvalue weighted by molar-refractivity contribution is 14.0. The maximum absolute atomic E-state index is 9.18. The summed E-state index contributed by atoms with van der Waals surface area (Å²) in [6, 6.07) is 3.88. The molecule has 0 aromatic carbocycles. The first kappa shape index (κ1) is 22.2. The molecule has 0 saturated heterocycles. The molecule has 0 aliphatic rings. The van der Waals surface area contributed by atoms with E-state index < -0.39 is 0 Å². The lowest BCUT2D eigenvalue weighted by atomic mass is 9.94. The summed E-state index contributed by atoms with van der Waals surface area (Å²) in [4.78, 5) is 4.66. The molecule has 1 unspecified atom stereocenters. The molecule has 0 aliphatic heterocycles. The van der Waals surface area contributed by atoms with Gasteiger partial charge in [-0.15, -0.1) is 24.0 Å². The second-order valence-corrected chi connectivity index (χ2v) is 5.98. The molecule has 1 rings (SSSR count). The molecule has 1 heterocycles. The van der Waals surface area contributed by atoms with Crippen molar-refractivity contribution in [2.24, 2.45) is 16.8 Å². The summed E-state index contributed by atoms with van der Waals surface area (Å²) in [5, 5.41) is 15.8. The van der Waals surface area contributed by atoms with E-state index in [9.17, 15) is 5.11 Å². The van der Waals surface area contributed by atoms with Crippen LogP contribution in [0.5, 0.6) is 0 Å². The van der Waals surface area contributed by atoms with Crippen LogP contribution in [0.1, 0.15) is 39.4 Å². The summed E-state index contributed by atoms with van der Waals surface area (Å²) in [5.74, 6) is 2.87. The van der Waals surface area contributed by atoms with Crippen molar-refractivity contribution in [2.75, 3.05) is 26.2 Å². The molecule has 0 bridgehead atoms. The van der Waals surface area contributed by atoms with Crippen LogP contribution in [0.3, 0.4) is 0 Å². The number of nitrogens with zero attached hydrogens (tertiary/aromatic N) is 1. The number of halogens is 1. The van der Waals surface area contributed by atoms with Gasteiger partial charge >= 0.3 is 0 Å². The summed E-state index contributed by atoms with van der Waals surface area (Å²) >= 11 is 0. The smallest absolute Gasteiger partial charge is 0.191 e. The number of rotatable bonds is 10. The minimum Gasteiger partial charge on any atom is -0.469 e. The van der Waals surface area contributed by atoms with Crippen LogP contribution >= 0.6 is 24.0 Å². The third kappa shape index (κ3) is 10.6. The zero-order valence-electron chi connectivity index (χ0n) is 14.5. The van der Waals surface area contributed by atoms with Crippen molar-refractivity contribution in [1.29, 1.82) is 0 Å². The van der Waals surface area contributed by atoms with Crippen LogP contribution in [0.2, 0.25) is 0 Å². The number of aliphatic hydroxyl groups excluding tert-OH is 1. The van der Waals surface area contributed by atoms with E-state index in [-0.39, 0.29) is 30.6 Å². The van der Waals surface area contributed by atoms with Crippen LogP contribution in [-0.4, -0.2) is 37.3 Å². The third-order valence-corrected chi connectivity index (χ3v) is 3.44. The van der Waals surface area contributed by atoms with Gasteiger partial charge in [-0.05, 0) is 43.7 Å². The number of aliphatic imine (C=N–C) groups is 1. The van der Waals surface area contributed by atoms with Crippen molar-refractivity contribution in [3.05, 3.63) is 24.2 Å². The third-order valence-electron chi connectivity index (χ3n) is 3.44. The fraction of sp³-hybridized carbons (Fsp3) is 0.706. The lowest BCUT2D eigenvalue weighted by molar-refractivity contribution is 0.245. The van der Waals surface area contributed by atoms with Gasteiger partial charge in [-0.1, -0.05) is 13.8 Å². The number of nitrogens with one attached hydrogen (secondary N) is 2. The summed E-state index contributed by atoms with van der Waals surface area (Å²) < 4.78 is 5.32. The Morgan fingerprint density at radius 3 is 2.70 bits per heavy atom. The fourth-order valence-electron chi connectivity index (χ4n) is 2.45. The molecule has 23 heavy (non-hydrogen) atoms. The van der Waals surface area contributed by atoms with E-state index in [1.807, 2.05) is 12.1 Å². The molecule has 1 aromatic heterocycles. The normalized spacial score (nSPS) is 12.8. The van der Waals surface area contributed by atoms with Crippen LogP contribution in [0.4, 0.5) is 0 Å². The molecule has 1 atom stereocenters. The maximum atomic E-state index is 9.18. The SMILES string of the molecule is CCNC(=NCC(CCO)CC(C)C)NCCc1ccco1.I. The molecule has 3 N–H and O–H groups in total. The van der Waals surface area contributed by atoms with Gasteiger partial charge in [-0.2, -0.15) is 0 Å². The number of furan rings is 1. The van der Waals surface area contributed by atoms with Gasteiger partial charge in [0.25, 0.3) is 0 Å². The summed E-state index contributed by atoms with van der Waals surface area (Å²) in [6.45, 7) is 9.07. The Bertz CT molecular complexity index is 408. The monoisotopic (exact) mass is 437 g/mol. The van der Waals surface area contributed by atoms with Gasteiger partial charge in [-0.3, -0.25) is 4.99 Å². The molecule has 0 saturated carbocycles. The molecule has 0 amide bonds. The quantitative estimate of drug-likeness (QED) is 0.299. The second-order valence-electron chi connectivity index (χ2n) is 5.98. The highest BCUT2D eigenvalue weighted by Gasteiger charge is 2.10. The van der Waals surface area contributed by atoms with Crippen molar-refractivity contribution in [1.82, 2.24) is 10.6 Å². The minimum absolute atomic E-state index is 0. The largest absolute Gasteiger partial charge is 0.469 e. The Morgan fingerprint density at radius 1 is 1.35 bits per heavy atom. The first-order valence-electron chi connectivity index (χ1n) is 8.31. The van der Waals surface area contributed by atoms with Crippen LogP contribution in [0, 0.1) is 11.8 Å². The van der Waals surface area contributed by atoms with E-state index in [2.05, 4.69) is 36.4 Å². The Hall–Kier alpha value is -0.760. The Labute approximate surface area is 157 Å². The van der Waals surface area contributed by atoms with E-state index in [1.165, 1.54) is 0 Å². The van der Waals surface area contributed by atoms with Gasteiger partial charge in [0.2, 0.25) is 0 Å². The van der Waals surface area contributed by atoms with E-state index in [0.717, 1.165) is 50.6 Å².